The summed E-state index contributed by atoms with van der Waals surface area (Å²) in [5.41, 5.74) is 2.70. The van der Waals surface area contributed by atoms with Gasteiger partial charge in [-0.15, -0.1) is 11.3 Å². The zero-order valence-corrected chi connectivity index (χ0v) is 15.8. The van der Waals surface area contributed by atoms with Crippen molar-refractivity contribution in [3.8, 4) is 5.69 Å². The number of halogens is 1. The molecule has 138 valence electrons. The van der Waals surface area contributed by atoms with E-state index >= 15 is 0 Å². The molecule has 3 aromatic rings. The Kier molecular flexibility index (Phi) is 4.83. The van der Waals surface area contributed by atoms with Crippen molar-refractivity contribution in [1.82, 2.24) is 15.1 Å². The summed E-state index contributed by atoms with van der Waals surface area (Å²) in [5, 5.41) is 15.0. The first-order valence-electron chi connectivity index (χ1n) is 8.26. The molecule has 0 radical (unpaired) electrons. The highest BCUT2D eigenvalue weighted by Crippen LogP contribution is 2.22. The SMILES string of the molecule is N=C1OCCN1c1ccc(-n2cc(CNC(=O)c3ccc(Cl)s3)cn2)cc1. The van der Waals surface area contributed by atoms with Gasteiger partial charge in [-0.25, -0.2) is 4.68 Å². The number of amides is 1. The van der Waals surface area contributed by atoms with Crippen molar-refractivity contribution in [2.24, 2.45) is 0 Å². The quantitative estimate of drug-likeness (QED) is 0.687. The molecule has 0 aliphatic carbocycles. The van der Waals surface area contributed by atoms with Crippen LogP contribution in [0.15, 0.2) is 48.8 Å². The molecule has 2 aromatic heterocycles. The number of anilines is 1. The lowest BCUT2D eigenvalue weighted by atomic mass is 10.2. The molecule has 1 amide bonds. The van der Waals surface area contributed by atoms with Crippen molar-refractivity contribution < 1.29 is 9.53 Å². The molecule has 2 N–H and O–H groups in total. The molecule has 4 rings (SSSR count). The Bertz CT molecular complexity index is 982. The van der Waals surface area contributed by atoms with E-state index < -0.39 is 0 Å². The molecule has 1 saturated heterocycles. The number of carbonyl (C=O) groups is 1. The summed E-state index contributed by atoms with van der Waals surface area (Å²) in [6, 6.07) is 11.3. The number of carbonyl (C=O) groups excluding carboxylic acids is 1. The minimum absolute atomic E-state index is 0.153. The van der Waals surface area contributed by atoms with Crippen LogP contribution >= 0.6 is 22.9 Å². The van der Waals surface area contributed by atoms with Gasteiger partial charge in [0.1, 0.15) is 6.61 Å². The average molecular weight is 402 g/mol. The van der Waals surface area contributed by atoms with E-state index in [2.05, 4.69) is 10.4 Å². The van der Waals surface area contributed by atoms with E-state index in [1.165, 1.54) is 11.3 Å². The van der Waals surface area contributed by atoms with E-state index in [1.54, 1.807) is 23.0 Å². The van der Waals surface area contributed by atoms with Crippen molar-refractivity contribution in [3.05, 3.63) is 63.6 Å². The van der Waals surface area contributed by atoms with Crippen LogP contribution in [0.5, 0.6) is 0 Å². The van der Waals surface area contributed by atoms with E-state index in [0.717, 1.165) is 16.9 Å². The fourth-order valence-electron chi connectivity index (χ4n) is 2.74. The van der Waals surface area contributed by atoms with Crippen LogP contribution in [-0.4, -0.2) is 34.9 Å². The lowest BCUT2D eigenvalue weighted by molar-refractivity contribution is 0.0955. The molecule has 0 saturated carbocycles. The Hall–Kier alpha value is -2.84. The number of ether oxygens (including phenoxy) is 1. The van der Waals surface area contributed by atoms with Crippen LogP contribution in [0.25, 0.3) is 5.69 Å². The molecule has 7 nitrogen and oxygen atoms in total. The fourth-order valence-corrected chi connectivity index (χ4v) is 3.70. The van der Waals surface area contributed by atoms with Gasteiger partial charge in [0.15, 0.2) is 0 Å². The normalized spacial score (nSPS) is 13.7. The summed E-state index contributed by atoms with van der Waals surface area (Å²) in [7, 11) is 0. The van der Waals surface area contributed by atoms with E-state index in [4.69, 9.17) is 21.7 Å². The third-order valence-corrected chi connectivity index (χ3v) is 5.34. The zero-order valence-electron chi connectivity index (χ0n) is 14.2. The molecule has 1 aliphatic rings. The predicted octanol–water partition coefficient (Wildman–Crippen LogP) is 3.29. The van der Waals surface area contributed by atoms with Crippen LogP contribution in [-0.2, 0) is 11.3 Å². The van der Waals surface area contributed by atoms with E-state index in [0.29, 0.717) is 28.9 Å². The van der Waals surface area contributed by atoms with Crippen molar-refractivity contribution in [3.63, 3.8) is 0 Å². The Labute approximate surface area is 164 Å². The van der Waals surface area contributed by atoms with Crippen LogP contribution in [0.4, 0.5) is 5.69 Å². The highest BCUT2D eigenvalue weighted by Gasteiger charge is 2.19. The van der Waals surface area contributed by atoms with Crippen molar-refractivity contribution in [2.75, 3.05) is 18.1 Å². The summed E-state index contributed by atoms with van der Waals surface area (Å²) in [4.78, 5) is 14.5. The van der Waals surface area contributed by atoms with Crippen LogP contribution in [0.1, 0.15) is 15.2 Å². The number of hydrogen-bond donors (Lipinski definition) is 2. The molecule has 1 fully saturated rings. The van der Waals surface area contributed by atoms with Gasteiger partial charge >= 0.3 is 0 Å². The molecule has 27 heavy (non-hydrogen) atoms. The topological polar surface area (TPSA) is 83.2 Å². The molecular formula is C18H16ClN5O2S. The summed E-state index contributed by atoms with van der Waals surface area (Å²) in [6.07, 6.45) is 3.59. The van der Waals surface area contributed by atoms with Gasteiger partial charge in [0, 0.05) is 24.0 Å². The van der Waals surface area contributed by atoms with Crippen molar-refractivity contribution in [2.45, 2.75) is 6.54 Å². The Balaban J connectivity index is 1.40. The Morgan fingerprint density at radius 3 is 2.70 bits per heavy atom. The fraction of sp³-hybridized carbons (Fsp3) is 0.167. The van der Waals surface area contributed by atoms with Crippen LogP contribution in [0.3, 0.4) is 0 Å². The molecule has 0 atom stereocenters. The van der Waals surface area contributed by atoms with Crippen molar-refractivity contribution in [1.29, 1.82) is 5.41 Å². The molecule has 0 spiro atoms. The van der Waals surface area contributed by atoms with Gasteiger partial charge in [-0.2, -0.15) is 5.10 Å². The van der Waals surface area contributed by atoms with E-state index in [1.807, 2.05) is 35.4 Å². The van der Waals surface area contributed by atoms with Gasteiger partial charge in [-0.3, -0.25) is 15.1 Å². The predicted molar refractivity (Wildman–Crippen MR) is 105 cm³/mol. The van der Waals surface area contributed by atoms with Crippen molar-refractivity contribution >= 4 is 40.6 Å². The highest BCUT2D eigenvalue weighted by molar-refractivity contribution is 7.17. The lowest BCUT2D eigenvalue weighted by Gasteiger charge is -2.15. The summed E-state index contributed by atoms with van der Waals surface area (Å²) in [6.45, 7) is 1.60. The maximum atomic E-state index is 12.1. The molecule has 0 bridgehead atoms. The number of thiophene rings is 1. The minimum Gasteiger partial charge on any atom is -0.463 e. The number of nitrogens with one attached hydrogen (secondary N) is 2. The largest absolute Gasteiger partial charge is 0.463 e. The third-order valence-electron chi connectivity index (χ3n) is 4.11. The number of hydrogen-bond acceptors (Lipinski definition) is 5. The first kappa shape index (κ1) is 17.6. The molecule has 1 aliphatic heterocycles. The zero-order chi connectivity index (χ0) is 18.8. The van der Waals surface area contributed by atoms with E-state index in [9.17, 15) is 4.79 Å². The second-order valence-electron chi connectivity index (χ2n) is 5.90. The van der Waals surface area contributed by atoms with Gasteiger partial charge in [0.2, 0.25) is 0 Å². The molecule has 9 heteroatoms. The van der Waals surface area contributed by atoms with Crippen LogP contribution in [0, 0.1) is 5.41 Å². The number of nitrogens with zero attached hydrogens (tertiary/aromatic N) is 3. The third kappa shape index (κ3) is 3.81. The summed E-state index contributed by atoms with van der Waals surface area (Å²) >= 11 is 7.11. The second-order valence-corrected chi connectivity index (χ2v) is 7.62. The first-order valence-corrected chi connectivity index (χ1v) is 9.46. The number of aromatic nitrogens is 2. The number of benzene rings is 1. The standard InChI is InChI=1S/C18H16ClN5O2S/c19-16-6-5-15(27-16)17(25)21-9-12-10-22-24(11-12)14-3-1-13(2-4-14)23-7-8-26-18(23)20/h1-6,10-11,20H,7-9H2,(H,21,25). The average Bonchev–Trinajstić information content (AvgIpc) is 3.41. The first-order chi connectivity index (χ1) is 13.1. The van der Waals surface area contributed by atoms with Gasteiger partial charge in [0.05, 0.1) is 27.6 Å². The van der Waals surface area contributed by atoms with Crippen LogP contribution < -0.4 is 10.2 Å². The number of rotatable bonds is 5. The second kappa shape index (κ2) is 7.42. The van der Waals surface area contributed by atoms with Gasteiger partial charge < -0.3 is 10.1 Å². The van der Waals surface area contributed by atoms with Gasteiger partial charge in [-0.1, -0.05) is 11.6 Å². The smallest absolute Gasteiger partial charge is 0.289 e. The van der Waals surface area contributed by atoms with Gasteiger partial charge in [0.25, 0.3) is 11.9 Å². The number of amidine groups is 1. The molecular weight excluding hydrogens is 386 g/mol. The van der Waals surface area contributed by atoms with Crippen LogP contribution in [0.2, 0.25) is 4.34 Å². The van der Waals surface area contributed by atoms with Gasteiger partial charge in [-0.05, 0) is 36.4 Å². The molecule has 3 heterocycles. The summed E-state index contributed by atoms with van der Waals surface area (Å²) in [5.74, 6) is -0.153. The lowest BCUT2D eigenvalue weighted by Crippen LogP contribution is -2.23. The maximum Gasteiger partial charge on any atom is 0.289 e. The highest BCUT2D eigenvalue weighted by atomic mass is 35.5. The molecule has 1 aromatic carbocycles. The monoisotopic (exact) mass is 401 g/mol. The maximum absolute atomic E-state index is 12.1. The minimum atomic E-state index is -0.153. The van der Waals surface area contributed by atoms with E-state index in [-0.39, 0.29) is 11.9 Å². The summed E-state index contributed by atoms with van der Waals surface area (Å²) < 4.78 is 7.51. The Morgan fingerprint density at radius 2 is 2.04 bits per heavy atom. The Morgan fingerprint density at radius 1 is 1.26 bits per heavy atom. The molecule has 0 unspecified atom stereocenters.